The molecule has 0 fully saturated rings. The Morgan fingerprint density at radius 2 is 1.58 bits per heavy atom. The zero-order valence-electron chi connectivity index (χ0n) is 17.0. The second-order valence-corrected chi connectivity index (χ2v) is 9.94. The molecule has 3 aromatic carbocycles. The quantitative estimate of drug-likeness (QED) is 0.523. The molecule has 3 aromatic rings. The minimum Gasteiger partial charge on any atom is -0.344 e. The first-order valence-corrected chi connectivity index (χ1v) is 12.1. The zero-order chi connectivity index (χ0) is 22.6. The summed E-state index contributed by atoms with van der Waals surface area (Å²) >= 11 is 12.2. The summed E-state index contributed by atoms with van der Waals surface area (Å²) in [5, 5.41) is 3.45. The molecule has 0 aliphatic rings. The van der Waals surface area contributed by atoms with Gasteiger partial charge in [0.25, 0.3) is 0 Å². The van der Waals surface area contributed by atoms with Crippen LogP contribution < -0.4 is 9.62 Å². The van der Waals surface area contributed by atoms with Crippen molar-refractivity contribution in [2.75, 3.05) is 17.1 Å². The highest BCUT2D eigenvalue weighted by atomic mass is 35.5. The van der Waals surface area contributed by atoms with Crippen molar-refractivity contribution in [2.45, 2.75) is 13.0 Å². The molecule has 0 saturated heterocycles. The molecule has 3 rings (SSSR count). The highest BCUT2D eigenvalue weighted by Gasteiger charge is 2.25. The van der Waals surface area contributed by atoms with Crippen LogP contribution in [0.2, 0.25) is 10.0 Å². The summed E-state index contributed by atoms with van der Waals surface area (Å²) < 4.78 is 25.8. The summed E-state index contributed by atoms with van der Waals surface area (Å²) in [5.41, 5.74) is 3.02. The van der Waals surface area contributed by atoms with Gasteiger partial charge in [-0.15, -0.1) is 0 Å². The molecule has 1 amide bonds. The van der Waals surface area contributed by atoms with Crippen molar-refractivity contribution in [3.63, 3.8) is 0 Å². The van der Waals surface area contributed by atoms with Crippen LogP contribution in [-0.2, 0) is 14.8 Å². The van der Waals surface area contributed by atoms with E-state index in [1.165, 1.54) is 12.1 Å². The molecule has 0 aliphatic carbocycles. The molecule has 5 nitrogen and oxygen atoms in total. The van der Waals surface area contributed by atoms with Gasteiger partial charge in [0.1, 0.15) is 6.54 Å². The first kappa shape index (κ1) is 23.1. The molecule has 0 aliphatic heterocycles. The van der Waals surface area contributed by atoms with Crippen molar-refractivity contribution in [3.8, 4) is 0 Å². The standard InChI is InChI=1S/C23H22Cl2N2O3S/c1-16-8-10-18(11-9-16)23(17-6-4-3-5-7-17)26-22(28)15-27(31(2,29)30)21-14-19(24)12-13-20(21)25/h3-14,23H,15H2,1-2H3,(H,26,28)/t23-/m1/s1. The summed E-state index contributed by atoms with van der Waals surface area (Å²) in [6.45, 7) is 1.55. The maximum absolute atomic E-state index is 13.0. The molecular formula is C23H22Cl2N2O3S. The fraction of sp³-hybridized carbons (Fsp3) is 0.174. The molecule has 0 heterocycles. The third-order valence-electron chi connectivity index (χ3n) is 4.71. The fourth-order valence-electron chi connectivity index (χ4n) is 3.16. The summed E-state index contributed by atoms with van der Waals surface area (Å²) in [6, 6.07) is 21.3. The molecule has 0 unspecified atom stereocenters. The van der Waals surface area contributed by atoms with Crippen molar-refractivity contribution in [1.29, 1.82) is 0 Å². The highest BCUT2D eigenvalue weighted by Crippen LogP contribution is 2.31. The zero-order valence-corrected chi connectivity index (χ0v) is 19.4. The number of halogens is 2. The summed E-state index contributed by atoms with van der Waals surface area (Å²) in [5.74, 6) is -0.476. The van der Waals surface area contributed by atoms with E-state index >= 15 is 0 Å². The van der Waals surface area contributed by atoms with E-state index < -0.39 is 28.5 Å². The van der Waals surface area contributed by atoms with Crippen molar-refractivity contribution in [3.05, 3.63) is 99.5 Å². The Morgan fingerprint density at radius 3 is 2.19 bits per heavy atom. The molecule has 0 radical (unpaired) electrons. The van der Waals surface area contributed by atoms with E-state index in [0.717, 1.165) is 27.3 Å². The number of aryl methyl sites for hydroxylation is 1. The van der Waals surface area contributed by atoms with Gasteiger partial charge in [-0.2, -0.15) is 0 Å². The molecule has 31 heavy (non-hydrogen) atoms. The lowest BCUT2D eigenvalue weighted by molar-refractivity contribution is -0.120. The summed E-state index contributed by atoms with van der Waals surface area (Å²) in [7, 11) is -3.79. The Labute approximate surface area is 192 Å². The number of sulfonamides is 1. The lowest BCUT2D eigenvalue weighted by Crippen LogP contribution is -2.42. The van der Waals surface area contributed by atoms with E-state index in [-0.39, 0.29) is 10.7 Å². The summed E-state index contributed by atoms with van der Waals surface area (Å²) in [4.78, 5) is 13.0. The van der Waals surface area contributed by atoms with E-state index in [0.29, 0.717) is 5.02 Å². The van der Waals surface area contributed by atoms with Gasteiger partial charge in [-0.25, -0.2) is 8.42 Å². The van der Waals surface area contributed by atoms with Crippen LogP contribution in [0.3, 0.4) is 0 Å². The van der Waals surface area contributed by atoms with Crippen LogP contribution in [0.25, 0.3) is 0 Å². The molecule has 0 saturated carbocycles. The predicted octanol–water partition coefficient (Wildman–Crippen LogP) is 4.97. The van der Waals surface area contributed by atoms with Gasteiger partial charge in [0.15, 0.2) is 0 Å². The van der Waals surface area contributed by atoms with Gasteiger partial charge >= 0.3 is 0 Å². The van der Waals surface area contributed by atoms with E-state index in [4.69, 9.17) is 23.2 Å². The third kappa shape index (κ3) is 6.00. The van der Waals surface area contributed by atoms with E-state index in [1.807, 2.05) is 61.5 Å². The molecule has 0 spiro atoms. The lowest BCUT2D eigenvalue weighted by Gasteiger charge is -2.25. The Morgan fingerprint density at radius 1 is 0.968 bits per heavy atom. The predicted molar refractivity (Wildman–Crippen MR) is 126 cm³/mol. The Balaban J connectivity index is 1.91. The van der Waals surface area contributed by atoms with Crippen LogP contribution in [0.15, 0.2) is 72.8 Å². The van der Waals surface area contributed by atoms with Crippen molar-refractivity contribution in [2.24, 2.45) is 0 Å². The van der Waals surface area contributed by atoms with Gasteiger partial charge in [-0.3, -0.25) is 9.10 Å². The largest absolute Gasteiger partial charge is 0.344 e. The lowest BCUT2D eigenvalue weighted by atomic mass is 9.98. The fourth-order valence-corrected chi connectivity index (χ4v) is 4.45. The average molecular weight is 477 g/mol. The number of benzene rings is 3. The number of rotatable bonds is 7. The Hall–Kier alpha value is -2.54. The molecule has 1 N–H and O–H groups in total. The van der Waals surface area contributed by atoms with Gasteiger partial charge in [0, 0.05) is 5.02 Å². The minimum atomic E-state index is -3.79. The Kier molecular flexibility index (Phi) is 7.26. The highest BCUT2D eigenvalue weighted by molar-refractivity contribution is 7.92. The van der Waals surface area contributed by atoms with Crippen LogP contribution in [0, 0.1) is 6.92 Å². The number of carbonyl (C=O) groups excluding carboxylic acids is 1. The SMILES string of the molecule is Cc1ccc([C@H](NC(=O)CN(c2cc(Cl)ccc2Cl)S(C)(=O)=O)c2ccccc2)cc1. The van der Waals surface area contributed by atoms with Crippen molar-refractivity contribution >= 4 is 44.8 Å². The molecule has 0 bridgehead atoms. The number of hydrogen-bond donors (Lipinski definition) is 1. The second kappa shape index (κ2) is 9.73. The van der Waals surface area contributed by atoms with E-state index in [9.17, 15) is 13.2 Å². The van der Waals surface area contributed by atoms with Gasteiger partial charge < -0.3 is 5.32 Å². The van der Waals surface area contributed by atoms with Crippen LogP contribution in [-0.4, -0.2) is 27.1 Å². The molecule has 1 atom stereocenters. The minimum absolute atomic E-state index is 0.151. The normalized spacial score (nSPS) is 12.3. The number of carbonyl (C=O) groups is 1. The molecule has 8 heteroatoms. The molecule has 0 aromatic heterocycles. The van der Waals surface area contributed by atoms with Gasteiger partial charge in [0.05, 0.1) is 23.0 Å². The van der Waals surface area contributed by atoms with Crippen LogP contribution >= 0.6 is 23.2 Å². The van der Waals surface area contributed by atoms with Gasteiger partial charge in [0.2, 0.25) is 15.9 Å². The van der Waals surface area contributed by atoms with E-state index in [2.05, 4.69) is 5.32 Å². The number of nitrogens with one attached hydrogen (secondary N) is 1. The molecule has 162 valence electrons. The van der Waals surface area contributed by atoms with Crippen LogP contribution in [0.5, 0.6) is 0 Å². The average Bonchev–Trinajstić information content (AvgIpc) is 2.73. The first-order chi connectivity index (χ1) is 14.6. The van der Waals surface area contributed by atoms with Crippen LogP contribution in [0.4, 0.5) is 5.69 Å². The second-order valence-electron chi connectivity index (χ2n) is 7.19. The van der Waals surface area contributed by atoms with Crippen molar-refractivity contribution in [1.82, 2.24) is 5.32 Å². The number of amides is 1. The first-order valence-electron chi connectivity index (χ1n) is 9.49. The van der Waals surface area contributed by atoms with E-state index in [1.54, 1.807) is 6.07 Å². The maximum atomic E-state index is 13.0. The smallest absolute Gasteiger partial charge is 0.241 e. The van der Waals surface area contributed by atoms with Crippen molar-refractivity contribution < 1.29 is 13.2 Å². The summed E-state index contributed by atoms with van der Waals surface area (Å²) in [6.07, 6.45) is 1.02. The number of nitrogens with zero attached hydrogens (tertiary/aromatic N) is 1. The Bertz CT molecular complexity index is 1170. The topological polar surface area (TPSA) is 66.5 Å². The third-order valence-corrected chi connectivity index (χ3v) is 6.39. The number of anilines is 1. The maximum Gasteiger partial charge on any atom is 0.241 e. The number of hydrogen-bond acceptors (Lipinski definition) is 3. The monoisotopic (exact) mass is 476 g/mol. The van der Waals surface area contributed by atoms with Crippen LogP contribution in [0.1, 0.15) is 22.7 Å². The van der Waals surface area contributed by atoms with Gasteiger partial charge in [-0.05, 0) is 36.2 Å². The molecular weight excluding hydrogens is 455 g/mol. The van der Waals surface area contributed by atoms with Gasteiger partial charge in [-0.1, -0.05) is 83.4 Å².